The van der Waals surface area contributed by atoms with Crippen molar-refractivity contribution in [2.75, 3.05) is 12.0 Å². The Kier molecular flexibility index (Phi) is 4.11. The van der Waals surface area contributed by atoms with Gasteiger partial charge in [0, 0.05) is 17.2 Å². The second-order valence-electron chi connectivity index (χ2n) is 5.99. The zero-order valence-corrected chi connectivity index (χ0v) is 13.9. The first-order valence-corrected chi connectivity index (χ1v) is 8.26. The minimum absolute atomic E-state index is 0.159. The summed E-state index contributed by atoms with van der Waals surface area (Å²) in [5.74, 6) is 0.991. The lowest BCUT2D eigenvalue weighted by atomic mass is 9.97. The van der Waals surface area contributed by atoms with Gasteiger partial charge < -0.3 is 20.4 Å². The van der Waals surface area contributed by atoms with Crippen LogP contribution in [0.5, 0.6) is 17.2 Å². The predicted molar refractivity (Wildman–Crippen MR) is 102 cm³/mol. The monoisotopic (exact) mass is 346 g/mol. The number of anilines is 1. The number of phenolic OH excluding ortho intramolecular Hbond substituents is 2. The summed E-state index contributed by atoms with van der Waals surface area (Å²) in [5, 5.41) is 19.3. The second-order valence-corrected chi connectivity index (χ2v) is 5.99. The van der Waals surface area contributed by atoms with Gasteiger partial charge in [0.05, 0.1) is 11.4 Å². The van der Waals surface area contributed by atoms with Gasteiger partial charge in [-0.1, -0.05) is 30.3 Å². The predicted octanol–water partition coefficient (Wildman–Crippen LogP) is 3.98. The number of para-hydroxylation sites is 1. The van der Waals surface area contributed by atoms with Crippen LogP contribution in [0.3, 0.4) is 0 Å². The topological polar surface area (TPSA) is 73.8 Å². The molecule has 0 aliphatic carbocycles. The van der Waals surface area contributed by atoms with E-state index in [2.05, 4.69) is 10.9 Å². The van der Waals surface area contributed by atoms with E-state index in [1.54, 1.807) is 24.3 Å². The highest BCUT2D eigenvalue weighted by Gasteiger charge is 2.22. The van der Waals surface area contributed by atoms with Crippen molar-refractivity contribution in [3.05, 3.63) is 83.9 Å². The lowest BCUT2D eigenvalue weighted by molar-refractivity contribution is 0.360. The van der Waals surface area contributed by atoms with Gasteiger partial charge in [-0.2, -0.15) is 0 Å². The van der Waals surface area contributed by atoms with E-state index in [0.29, 0.717) is 12.4 Å². The Labute approximate surface area is 151 Å². The largest absolute Gasteiger partial charge is 0.508 e. The van der Waals surface area contributed by atoms with E-state index in [1.807, 2.05) is 48.5 Å². The first kappa shape index (κ1) is 15.9. The van der Waals surface area contributed by atoms with E-state index < -0.39 is 0 Å². The van der Waals surface area contributed by atoms with Crippen molar-refractivity contribution in [3.63, 3.8) is 0 Å². The number of hydrogen-bond donors (Lipinski definition) is 4. The molecule has 0 atom stereocenters. The van der Waals surface area contributed by atoms with E-state index in [-0.39, 0.29) is 11.5 Å². The van der Waals surface area contributed by atoms with Crippen LogP contribution in [0.1, 0.15) is 11.1 Å². The fourth-order valence-corrected chi connectivity index (χ4v) is 2.91. The molecule has 0 bridgehead atoms. The number of hydrazine groups is 1. The molecule has 4 rings (SSSR count). The molecule has 0 saturated heterocycles. The summed E-state index contributed by atoms with van der Waals surface area (Å²) in [5.41, 5.74) is 11.0. The molecule has 0 fully saturated rings. The maximum atomic E-state index is 9.74. The smallest absolute Gasteiger partial charge is 0.132 e. The molecule has 130 valence electrons. The van der Waals surface area contributed by atoms with Gasteiger partial charge in [0.15, 0.2) is 0 Å². The Morgan fingerprint density at radius 2 is 1.50 bits per heavy atom. The third kappa shape index (κ3) is 3.15. The lowest BCUT2D eigenvalue weighted by Gasteiger charge is -2.26. The normalized spacial score (nSPS) is 12.9. The summed E-state index contributed by atoms with van der Waals surface area (Å²) in [7, 11) is 0. The summed E-state index contributed by atoms with van der Waals surface area (Å²) < 4.78 is 5.84. The molecule has 0 saturated carbocycles. The number of aromatic hydroxyl groups is 2. The van der Waals surface area contributed by atoms with Gasteiger partial charge in [0.1, 0.15) is 23.9 Å². The molecular formula is C21H18N2O3. The van der Waals surface area contributed by atoms with E-state index in [9.17, 15) is 10.2 Å². The van der Waals surface area contributed by atoms with Gasteiger partial charge in [-0.3, -0.25) is 5.43 Å². The van der Waals surface area contributed by atoms with Crippen LogP contribution in [-0.4, -0.2) is 16.8 Å². The molecule has 0 spiro atoms. The Morgan fingerprint density at radius 3 is 2.27 bits per heavy atom. The maximum absolute atomic E-state index is 9.74. The summed E-state index contributed by atoms with van der Waals surface area (Å²) in [4.78, 5) is 0. The summed E-state index contributed by atoms with van der Waals surface area (Å²) in [6.07, 6.45) is 0. The van der Waals surface area contributed by atoms with E-state index in [0.717, 1.165) is 28.1 Å². The van der Waals surface area contributed by atoms with Crippen LogP contribution in [0, 0.1) is 0 Å². The quantitative estimate of drug-likeness (QED) is 0.538. The molecule has 1 aliphatic rings. The van der Waals surface area contributed by atoms with Crippen LogP contribution < -0.4 is 15.6 Å². The molecule has 3 aromatic carbocycles. The third-order valence-electron chi connectivity index (χ3n) is 4.23. The molecule has 5 nitrogen and oxygen atoms in total. The number of hydrogen-bond acceptors (Lipinski definition) is 5. The van der Waals surface area contributed by atoms with Crippen molar-refractivity contribution in [2.45, 2.75) is 0 Å². The highest BCUT2D eigenvalue weighted by molar-refractivity contribution is 5.94. The van der Waals surface area contributed by atoms with Gasteiger partial charge in [0.25, 0.3) is 0 Å². The Hall–Kier alpha value is -3.60. The highest BCUT2D eigenvalue weighted by Crippen LogP contribution is 2.37. The average Bonchev–Trinajstić information content (AvgIpc) is 2.67. The summed E-state index contributed by atoms with van der Waals surface area (Å²) in [6.45, 7) is 0.347. The summed E-state index contributed by atoms with van der Waals surface area (Å²) in [6, 6.07) is 21.8. The number of fused-ring (bicyclic) bond motifs is 1. The molecule has 0 aromatic heterocycles. The molecule has 0 unspecified atom stereocenters. The molecule has 3 aromatic rings. The van der Waals surface area contributed by atoms with Gasteiger partial charge in [0.2, 0.25) is 0 Å². The van der Waals surface area contributed by atoms with Crippen LogP contribution in [0.25, 0.3) is 11.3 Å². The Bertz CT molecular complexity index is 951. The van der Waals surface area contributed by atoms with Crippen molar-refractivity contribution < 1.29 is 14.9 Å². The first-order chi connectivity index (χ1) is 12.7. The third-order valence-corrected chi connectivity index (χ3v) is 4.23. The molecular weight excluding hydrogens is 328 g/mol. The number of ether oxygens (including phenoxy) is 1. The summed E-state index contributed by atoms with van der Waals surface area (Å²) >= 11 is 0. The number of rotatable bonds is 4. The van der Waals surface area contributed by atoms with Crippen LogP contribution >= 0.6 is 0 Å². The van der Waals surface area contributed by atoms with Crippen LogP contribution in [0.15, 0.2) is 72.8 Å². The van der Waals surface area contributed by atoms with Crippen molar-refractivity contribution >= 4 is 17.0 Å². The zero-order chi connectivity index (χ0) is 17.9. The van der Waals surface area contributed by atoms with Crippen LogP contribution in [0.4, 0.5) is 5.69 Å². The molecule has 0 radical (unpaired) electrons. The molecule has 0 amide bonds. The van der Waals surface area contributed by atoms with Gasteiger partial charge in [-0.05, 0) is 42.0 Å². The van der Waals surface area contributed by atoms with Crippen LogP contribution in [-0.2, 0) is 0 Å². The number of benzene rings is 3. The second kappa shape index (κ2) is 6.72. The highest BCUT2D eigenvalue weighted by atomic mass is 16.5. The zero-order valence-electron chi connectivity index (χ0n) is 13.9. The fraction of sp³-hybridized carbons (Fsp3) is 0.0476. The fourth-order valence-electron chi connectivity index (χ4n) is 2.91. The number of phenols is 2. The average molecular weight is 346 g/mol. The minimum Gasteiger partial charge on any atom is -0.508 e. The van der Waals surface area contributed by atoms with E-state index in [1.165, 1.54) is 0 Å². The first-order valence-electron chi connectivity index (χ1n) is 8.26. The van der Waals surface area contributed by atoms with Crippen molar-refractivity contribution in [3.8, 4) is 17.2 Å². The van der Waals surface area contributed by atoms with E-state index in [4.69, 9.17) is 4.74 Å². The van der Waals surface area contributed by atoms with Crippen molar-refractivity contribution in [1.82, 2.24) is 5.43 Å². The molecule has 1 heterocycles. The minimum atomic E-state index is 0.159. The molecule has 5 heteroatoms. The van der Waals surface area contributed by atoms with Crippen molar-refractivity contribution in [1.29, 1.82) is 0 Å². The Morgan fingerprint density at radius 1 is 0.769 bits per heavy atom. The standard InChI is InChI=1S/C21H18N2O3/c24-16-8-6-14(7-9-16)19-13-26-20-12-17(25)10-11-18(20)21(19)23-22-15-4-2-1-3-5-15/h1-12,22-25H,13H2. The van der Waals surface area contributed by atoms with E-state index >= 15 is 0 Å². The molecule has 4 N–H and O–H groups in total. The number of nitrogens with one attached hydrogen (secondary N) is 2. The van der Waals surface area contributed by atoms with Gasteiger partial charge >= 0.3 is 0 Å². The molecule has 1 aliphatic heterocycles. The SMILES string of the molecule is Oc1ccc(C2=C(NNc3ccccc3)c3ccc(O)cc3OC2)cc1. The van der Waals surface area contributed by atoms with Gasteiger partial charge in [-0.25, -0.2) is 0 Å². The Balaban J connectivity index is 1.76. The lowest BCUT2D eigenvalue weighted by Crippen LogP contribution is -2.25. The van der Waals surface area contributed by atoms with Crippen LogP contribution in [0.2, 0.25) is 0 Å². The van der Waals surface area contributed by atoms with Crippen molar-refractivity contribution in [2.24, 2.45) is 0 Å². The maximum Gasteiger partial charge on any atom is 0.132 e. The van der Waals surface area contributed by atoms with Gasteiger partial charge in [-0.15, -0.1) is 0 Å². The molecule has 26 heavy (non-hydrogen) atoms.